The SMILES string of the molecule is C=COC(=O)CCCCCCCCCCCCC.CC(=O)OC[C@@]1(N=[N+]=[N-])O[C@@H](n2ccc(N)nc2=O)[C@@H](O)[C@@H]1O.[N-]=[N+]=N[C@]1(CO)O[C@@H](n2ccc(N)nc2=O)[C@@H](O)[C@@H]1O. The van der Waals surface area contributed by atoms with E-state index >= 15 is 0 Å². The highest BCUT2D eigenvalue weighted by molar-refractivity contribution is 5.69. The number of nitrogen functional groups attached to an aromatic ring is 2. The number of nitrogens with two attached hydrogens (primary N) is 2. The molecule has 8 atom stereocenters. The molecule has 0 aromatic carbocycles. The average molecular weight is 865 g/mol. The van der Waals surface area contributed by atoms with Crippen LogP contribution < -0.4 is 22.8 Å². The number of hydrogen-bond donors (Lipinski definition) is 7. The molecule has 9 N–H and O–H groups in total. The lowest BCUT2D eigenvalue weighted by molar-refractivity contribution is -0.163. The van der Waals surface area contributed by atoms with E-state index in [-0.39, 0.29) is 17.6 Å². The minimum Gasteiger partial charge on any atom is -0.463 e. The summed E-state index contributed by atoms with van der Waals surface area (Å²) in [6.07, 6.45) is 8.96. The third-order valence-electron chi connectivity index (χ3n) is 9.39. The van der Waals surface area contributed by atoms with Gasteiger partial charge in [0.25, 0.3) is 0 Å². The summed E-state index contributed by atoms with van der Waals surface area (Å²) in [6, 6.07) is 2.57. The molecule has 25 heteroatoms. The van der Waals surface area contributed by atoms with Crippen LogP contribution in [0, 0.1) is 0 Å². The van der Waals surface area contributed by atoms with E-state index in [1.165, 1.54) is 88.6 Å². The van der Waals surface area contributed by atoms with Gasteiger partial charge in [-0.05, 0) is 29.6 Å². The van der Waals surface area contributed by atoms with Crippen molar-refractivity contribution in [3.05, 3.63) is 79.2 Å². The van der Waals surface area contributed by atoms with Gasteiger partial charge in [0, 0.05) is 35.6 Å². The molecule has 0 amide bonds. The monoisotopic (exact) mass is 864 g/mol. The fourth-order valence-electron chi connectivity index (χ4n) is 6.14. The first-order valence-corrected chi connectivity index (χ1v) is 19.5. The zero-order valence-corrected chi connectivity index (χ0v) is 34.1. The topological polar surface area (TPSA) is 392 Å². The number of nitrogens with zero attached hydrogens (tertiary/aromatic N) is 10. The third kappa shape index (κ3) is 15.1. The number of aromatic nitrogens is 4. The van der Waals surface area contributed by atoms with Crippen molar-refractivity contribution in [3.8, 4) is 0 Å². The molecule has 0 spiro atoms. The molecule has 0 unspecified atom stereocenters. The lowest BCUT2D eigenvalue weighted by Crippen LogP contribution is -2.45. The van der Waals surface area contributed by atoms with Crippen LogP contribution in [0.25, 0.3) is 20.9 Å². The maximum absolute atomic E-state index is 11.8. The Morgan fingerprint density at radius 3 is 1.67 bits per heavy atom. The number of azide groups is 2. The maximum atomic E-state index is 11.8. The normalized spacial score (nSPS) is 25.0. The second-order valence-electron chi connectivity index (χ2n) is 13.9. The third-order valence-corrected chi connectivity index (χ3v) is 9.39. The van der Waals surface area contributed by atoms with Crippen molar-refractivity contribution in [2.75, 3.05) is 24.7 Å². The van der Waals surface area contributed by atoms with E-state index in [4.69, 9.17) is 36.7 Å². The van der Waals surface area contributed by atoms with E-state index in [9.17, 15) is 44.7 Å². The zero-order chi connectivity index (χ0) is 45.6. The molecule has 61 heavy (non-hydrogen) atoms. The molecule has 0 bridgehead atoms. The number of anilines is 2. The van der Waals surface area contributed by atoms with E-state index < -0.39 is 78.9 Å². The summed E-state index contributed by atoms with van der Waals surface area (Å²) in [4.78, 5) is 57.3. The van der Waals surface area contributed by atoms with E-state index in [0.29, 0.717) is 6.42 Å². The Balaban J connectivity index is 0.000000318. The highest BCUT2D eigenvalue weighted by Crippen LogP contribution is 2.39. The Hall–Kier alpha value is -5.62. The Kier molecular flexibility index (Phi) is 21.9. The van der Waals surface area contributed by atoms with Gasteiger partial charge in [0.2, 0.25) is 11.4 Å². The van der Waals surface area contributed by atoms with Gasteiger partial charge >= 0.3 is 23.3 Å². The van der Waals surface area contributed by atoms with Crippen LogP contribution in [0.5, 0.6) is 0 Å². The lowest BCUT2D eigenvalue weighted by Gasteiger charge is -2.25. The summed E-state index contributed by atoms with van der Waals surface area (Å²) in [7, 11) is 0. The Labute approximate surface area is 349 Å². The highest BCUT2D eigenvalue weighted by Gasteiger charge is 2.56. The number of ether oxygens (including phenoxy) is 4. The number of unbranched alkanes of at least 4 members (excludes halogenated alkanes) is 10. The molecule has 0 saturated carbocycles. The highest BCUT2D eigenvalue weighted by atomic mass is 16.6. The Morgan fingerprint density at radius 1 is 0.836 bits per heavy atom. The van der Waals surface area contributed by atoms with Gasteiger partial charge in [-0.15, -0.1) is 0 Å². The largest absolute Gasteiger partial charge is 0.463 e. The molecular weight excluding hydrogens is 808 g/mol. The molecule has 0 aliphatic carbocycles. The van der Waals surface area contributed by atoms with Crippen LogP contribution in [0.1, 0.15) is 103 Å². The van der Waals surface area contributed by atoms with Crippen LogP contribution in [0.15, 0.2) is 57.2 Å². The lowest BCUT2D eigenvalue weighted by atomic mass is 10.1. The second kappa shape index (κ2) is 25.9. The van der Waals surface area contributed by atoms with Gasteiger partial charge in [0.1, 0.15) is 42.7 Å². The fourth-order valence-corrected chi connectivity index (χ4v) is 6.14. The molecule has 2 aliphatic heterocycles. The summed E-state index contributed by atoms with van der Waals surface area (Å²) < 4.78 is 21.6. The summed E-state index contributed by atoms with van der Waals surface area (Å²) >= 11 is 0. The van der Waals surface area contributed by atoms with Gasteiger partial charge in [-0.3, -0.25) is 18.7 Å². The fraction of sp³-hybridized carbons (Fsp3) is 0.667. The van der Waals surface area contributed by atoms with Gasteiger partial charge in [0.05, 0.1) is 12.9 Å². The van der Waals surface area contributed by atoms with E-state index in [0.717, 1.165) is 28.9 Å². The number of esters is 2. The number of hydrogen-bond acceptors (Lipinski definition) is 19. The summed E-state index contributed by atoms with van der Waals surface area (Å²) in [5, 5.41) is 55.7. The molecule has 25 nitrogen and oxygen atoms in total. The van der Waals surface area contributed by atoms with Crippen molar-refractivity contribution >= 4 is 23.6 Å². The van der Waals surface area contributed by atoms with Crippen LogP contribution in [0.3, 0.4) is 0 Å². The molecule has 2 aromatic rings. The number of carbonyl (C=O) groups is 2. The molecule has 4 heterocycles. The van der Waals surface area contributed by atoms with Gasteiger partial charge < -0.3 is 55.9 Å². The van der Waals surface area contributed by atoms with Gasteiger partial charge in [-0.25, -0.2) is 9.59 Å². The van der Waals surface area contributed by atoms with Gasteiger partial charge in [-0.2, -0.15) is 9.97 Å². The Bertz CT molecular complexity index is 1940. The molecule has 338 valence electrons. The van der Waals surface area contributed by atoms with Crippen molar-refractivity contribution in [2.24, 2.45) is 10.2 Å². The van der Waals surface area contributed by atoms with Crippen LogP contribution >= 0.6 is 0 Å². The quantitative estimate of drug-likeness (QED) is 0.0250. The number of aliphatic hydroxyl groups is 5. The number of rotatable bonds is 20. The van der Waals surface area contributed by atoms with E-state index in [1.807, 2.05) is 0 Å². The van der Waals surface area contributed by atoms with Crippen LogP contribution in [0.2, 0.25) is 0 Å². The van der Waals surface area contributed by atoms with Gasteiger partial charge in [0.15, 0.2) is 12.5 Å². The minimum atomic E-state index is -2.08. The summed E-state index contributed by atoms with van der Waals surface area (Å²) in [6.45, 7) is 5.21. The summed E-state index contributed by atoms with van der Waals surface area (Å²) in [5.41, 5.74) is 22.0. The van der Waals surface area contributed by atoms with Crippen molar-refractivity contribution in [3.63, 3.8) is 0 Å². The van der Waals surface area contributed by atoms with Crippen molar-refractivity contribution < 1.29 is 54.1 Å². The molecule has 2 aliphatic rings. The van der Waals surface area contributed by atoms with Crippen molar-refractivity contribution in [1.82, 2.24) is 19.1 Å². The predicted molar refractivity (Wildman–Crippen MR) is 215 cm³/mol. The zero-order valence-electron chi connectivity index (χ0n) is 34.1. The number of carbonyl (C=O) groups excluding carboxylic acids is 2. The van der Waals surface area contributed by atoms with Gasteiger partial charge in [-0.1, -0.05) is 87.9 Å². The molecular formula is C36H56N12O13. The van der Waals surface area contributed by atoms with Crippen molar-refractivity contribution in [2.45, 2.75) is 139 Å². The standard InChI is InChI=1S/C16H30O2.C11H14N6O6.C9H12N6O5/c1-3-5-6-7-8-9-10-11-12-13-14-15-16(17)18-4-2;1-5(18)22-4-11(15-16-13)8(20)7(19)9(23-11)17-3-2-6(12)14-10(17)21;10-4-1-2-15(8(19)12-4)7-5(17)6(18)9(3-16,20-7)13-14-11/h4H,2-3,5-15H2,1H3;2-3,7-9,19-20H,4H2,1H3,(H2,12,14,21);1-2,5-7,16-18H,3H2,(H2,10,12,19)/t;7-,8-,9+,11+;5-,6-,7+,9+/m.00/s1. The van der Waals surface area contributed by atoms with E-state index in [2.05, 4.69) is 48.3 Å². The second-order valence-corrected chi connectivity index (χ2v) is 13.9. The molecule has 0 radical (unpaired) electrons. The number of aliphatic hydroxyl groups excluding tert-OH is 5. The Morgan fingerprint density at radius 2 is 1.26 bits per heavy atom. The first-order chi connectivity index (χ1) is 29.1. The van der Waals surface area contributed by atoms with Crippen LogP contribution in [-0.2, 0) is 28.5 Å². The average Bonchev–Trinajstić information content (AvgIpc) is 3.61. The predicted octanol–water partition coefficient (Wildman–Crippen LogP) is 2.10. The molecule has 2 fully saturated rings. The first-order valence-electron chi connectivity index (χ1n) is 19.5. The summed E-state index contributed by atoms with van der Waals surface area (Å²) in [5.74, 6) is -0.929. The molecule has 4 rings (SSSR count). The van der Waals surface area contributed by atoms with Crippen LogP contribution in [0.4, 0.5) is 11.6 Å². The molecule has 2 aromatic heterocycles. The van der Waals surface area contributed by atoms with E-state index in [1.54, 1.807) is 0 Å². The minimum absolute atomic E-state index is 0.0252. The smallest absolute Gasteiger partial charge is 0.351 e. The maximum Gasteiger partial charge on any atom is 0.351 e. The molecule has 2 saturated heterocycles. The van der Waals surface area contributed by atoms with Crippen LogP contribution in [-0.4, -0.2) is 106 Å². The first kappa shape index (κ1) is 51.5. The van der Waals surface area contributed by atoms with Crippen molar-refractivity contribution in [1.29, 1.82) is 0 Å².